The second-order valence-corrected chi connectivity index (χ2v) is 5.68. The minimum absolute atomic E-state index is 0.0439. The highest BCUT2D eigenvalue weighted by Crippen LogP contribution is 2.27. The van der Waals surface area contributed by atoms with Crippen molar-refractivity contribution in [3.8, 4) is 5.75 Å². The van der Waals surface area contributed by atoms with E-state index in [0.717, 1.165) is 22.3 Å². The van der Waals surface area contributed by atoms with Gasteiger partial charge >= 0.3 is 0 Å². The molecule has 0 radical (unpaired) electrons. The van der Waals surface area contributed by atoms with Crippen LogP contribution in [0.3, 0.4) is 0 Å². The van der Waals surface area contributed by atoms with E-state index in [-0.39, 0.29) is 5.91 Å². The Morgan fingerprint density at radius 3 is 2.88 bits per heavy atom. The lowest BCUT2D eigenvalue weighted by molar-refractivity contribution is 0.0827. The first-order valence-electron chi connectivity index (χ1n) is 7.64. The highest BCUT2D eigenvalue weighted by atomic mass is 16.5. The maximum atomic E-state index is 12.2. The number of carbonyl (C=O) groups is 1. The largest absolute Gasteiger partial charge is 0.495 e. The third-order valence-electron chi connectivity index (χ3n) is 3.87. The lowest BCUT2D eigenvalue weighted by atomic mass is 10.1. The van der Waals surface area contributed by atoms with Crippen LogP contribution in [0.4, 0.5) is 5.69 Å². The zero-order valence-corrected chi connectivity index (χ0v) is 14.0. The summed E-state index contributed by atoms with van der Waals surface area (Å²) in [6, 6.07) is 9.37. The van der Waals surface area contributed by atoms with Crippen molar-refractivity contribution < 1.29 is 9.53 Å². The third-order valence-corrected chi connectivity index (χ3v) is 3.87. The smallest absolute Gasteiger partial charge is 0.253 e. The van der Waals surface area contributed by atoms with E-state index in [9.17, 15) is 4.79 Å². The molecule has 0 aliphatic rings. The fraction of sp³-hybridized carbons (Fsp3) is 0.222. The molecule has 0 aliphatic heterocycles. The van der Waals surface area contributed by atoms with Gasteiger partial charge in [0.2, 0.25) is 0 Å². The van der Waals surface area contributed by atoms with Gasteiger partial charge in [-0.05, 0) is 35.9 Å². The average molecular weight is 324 g/mol. The lowest BCUT2D eigenvalue weighted by Crippen LogP contribution is -2.21. The highest BCUT2D eigenvalue weighted by Gasteiger charge is 2.12. The molecule has 0 bridgehead atoms. The van der Waals surface area contributed by atoms with Crippen LogP contribution in [0.15, 0.2) is 42.7 Å². The molecule has 24 heavy (non-hydrogen) atoms. The zero-order chi connectivity index (χ0) is 17.1. The summed E-state index contributed by atoms with van der Waals surface area (Å²) in [5.74, 6) is 0.655. The van der Waals surface area contributed by atoms with Crippen molar-refractivity contribution in [2.75, 3.05) is 26.5 Å². The number of rotatable bonds is 5. The van der Waals surface area contributed by atoms with Gasteiger partial charge in [-0.15, -0.1) is 0 Å². The van der Waals surface area contributed by atoms with Crippen molar-refractivity contribution in [1.29, 1.82) is 0 Å². The Morgan fingerprint density at radius 1 is 1.29 bits per heavy atom. The number of benzene rings is 1. The zero-order valence-electron chi connectivity index (χ0n) is 14.0. The monoisotopic (exact) mass is 324 g/mol. The van der Waals surface area contributed by atoms with Gasteiger partial charge in [-0.3, -0.25) is 4.79 Å². The number of pyridine rings is 1. The molecule has 2 aromatic heterocycles. The van der Waals surface area contributed by atoms with Gasteiger partial charge in [0.25, 0.3) is 5.91 Å². The maximum absolute atomic E-state index is 12.2. The molecule has 0 saturated heterocycles. The van der Waals surface area contributed by atoms with Gasteiger partial charge in [0.1, 0.15) is 11.4 Å². The van der Waals surface area contributed by atoms with Gasteiger partial charge < -0.3 is 19.9 Å². The van der Waals surface area contributed by atoms with Crippen molar-refractivity contribution in [1.82, 2.24) is 14.9 Å². The molecular formula is C18H20N4O2. The highest BCUT2D eigenvalue weighted by molar-refractivity contribution is 5.95. The number of methoxy groups -OCH3 is 1. The van der Waals surface area contributed by atoms with Gasteiger partial charge in [-0.2, -0.15) is 0 Å². The van der Waals surface area contributed by atoms with Crippen LogP contribution in [0.1, 0.15) is 15.9 Å². The number of hydrogen-bond donors (Lipinski definition) is 2. The van der Waals surface area contributed by atoms with Crippen molar-refractivity contribution in [3.63, 3.8) is 0 Å². The van der Waals surface area contributed by atoms with Gasteiger partial charge in [0, 0.05) is 44.0 Å². The van der Waals surface area contributed by atoms with Gasteiger partial charge in [-0.25, -0.2) is 4.98 Å². The summed E-state index contributed by atoms with van der Waals surface area (Å²) in [6.45, 7) is 0.604. The summed E-state index contributed by atoms with van der Waals surface area (Å²) >= 11 is 0. The fourth-order valence-corrected chi connectivity index (χ4v) is 2.60. The summed E-state index contributed by atoms with van der Waals surface area (Å²) in [5.41, 5.74) is 3.38. The summed E-state index contributed by atoms with van der Waals surface area (Å²) < 4.78 is 5.40. The van der Waals surface area contributed by atoms with Gasteiger partial charge in [-0.1, -0.05) is 0 Å². The lowest BCUT2D eigenvalue weighted by Gasteiger charge is -2.15. The predicted octanol–water partition coefficient (Wildman–Crippen LogP) is 2.89. The Labute approximate surface area is 140 Å². The SMILES string of the molecule is COc1ccc(C(=O)N(C)C)cc1NCc1ccnc2[nH]ccc12. The van der Waals surface area contributed by atoms with Crippen molar-refractivity contribution in [3.05, 3.63) is 53.9 Å². The predicted molar refractivity (Wildman–Crippen MR) is 94.4 cm³/mol. The first-order chi connectivity index (χ1) is 11.6. The molecule has 0 aliphatic carbocycles. The number of carbonyl (C=O) groups excluding carboxylic acids is 1. The van der Waals surface area contributed by atoms with Crippen molar-refractivity contribution in [2.24, 2.45) is 0 Å². The molecule has 2 heterocycles. The van der Waals surface area contributed by atoms with Crippen LogP contribution in [-0.4, -0.2) is 42.0 Å². The number of aromatic amines is 1. The molecule has 3 rings (SSSR count). The molecule has 6 heteroatoms. The number of ether oxygens (including phenoxy) is 1. The van der Waals surface area contributed by atoms with Gasteiger partial charge in [0.05, 0.1) is 12.8 Å². The van der Waals surface area contributed by atoms with E-state index in [1.54, 1.807) is 44.4 Å². The minimum Gasteiger partial charge on any atom is -0.495 e. The number of fused-ring (bicyclic) bond motifs is 1. The van der Waals surface area contributed by atoms with Crippen LogP contribution in [0.2, 0.25) is 0 Å². The standard InChI is InChI=1S/C18H20N4O2/c1-22(2)18(23)12-4-5-16(24-3)15(10-12)21-11-13-6-8-19-17-14(13)7-9-20-17/h4-10,21H,11H2,1-3H3,(H,19,20). The number of aromatic nitrogens is 2. The number of hydrogen-bond acceptors (Lipinski definition) is 4. The van der Waals surface area contributed by atoms with E-state index in [1.165, 1.54) is 0 Å². The van der Waals surface area contributed by atoms with Crippen LogP contribution in [0.25, 0.3) is 11.0 Å². The Hall–Kier alpha value is -3.02. The van der Waals surface area contributed by atoms with Crippen LogP contribution >= 0.6 is 0 Å². The second kappa shape index (κ2) is 6.62. The van der Waals surface area contributed by atoms with Crippen molar-refractivity contribution in [2.45, 2.75) is 6.54 Å². The number of nitrogens with one attached hydrogen (secondary N) is 2. The number of anilines is 1. The Morgan fingerprint density at radius 2 is 2.12 bits per heavy atom. The molecule has 124 valence electrons. The van der Waals surface area contributed by atoms with Crippen LogP contribution < -0.4 is 10.1 Å². The van der Waals surface area contributed by atoms with Crippen LogP contribution in [0, 0.1) is 0 Å². The normalized spacial score (nSPS) is 10.6. The van der Waals surface area contributed by atoms with Crippen LogP contribution in [0.5, 0.6) is 5.75 Å². The summed E-state index contributed by atoms with van der Waals surface area (Å²) in [5, 5.41) is 4.43. The average Bonchev–Trinajstić information content (AvgIpc) is 3.08. The fourth-order valence-electron chi connectivity index (χ4n) is 2.60. The van der Waals surface area contributed by atoms with E-state index in [2.05, 4.69) is 15.3 Å². The maximum Gasteiger partial charge on any atom is 0.253 e. The summed E-state index contributed by atoms with van der Waals surface area (Å²) in [4.78, 5) is 21.1. The number of amides is 1. The molecule has 1 aromatic carbocycles. The second-order valence-electron chi connectivity index (χ2n) is 5.68. The quantitative estimate of drug-likeness (QED) is 0.757. The topological polar surface area (TPSA) is 70.2 Å². The molecule has 0 saturated carbocycles. The molecule has 0 unspecified atom stereocenters. The van der Waals surface area contributed by atoms with E-state index < -0.39 is 0 Å². The summed E-state index contributed by atoms with van der Waals surface area (Å²) in [7, 11) is 5.09. The molecule has 0 spiro atoms. The first kappa shape index (κ1) is 15.9. The number of nitrogens with zero attached hydrogens (tertiary/aromatic N) is 2. The minimum atomic E-state index is -0.0439. The molecule has 1 amide bonds. The Balaban J connectivity index is 1.87. The van der Waals surface area contributed by atoms with Crippen molar-refractivity contribution >= 4 is 22.6 Å². The molecule has 0 atom stereocenters. The van der Waals surface area contributed by atoms with Crippen LogP contribution in [-0.2, 0) is 6.54 Å². The molecule has 3 aromatic rings. The van der Waals surface area contributed by atoms with E-state index in [0.29, 0.717) is 17.9 Å². The Kier molecular flexibility index (Phi) is 4.37. The number of H-pyrrole nitrogens is 1. The first-order valence-corrected chi connectivity index (χ1v) is 7.64. The van der Waals surface area contributed by atoms with Gasteiger partial charge in [0.15, 0.2) is 0 Å². The van der Waals surface area contributed by atoms with E-state index >= 15 is 0 Å². The molecule has 2 N–H and O–H groups in total. The van der Waals surface area contributed by atoms with E-state index in [4.69, 9.17) is 4.74 Å². The molecule has 0 fully saturated rings. The van der Waals surface area contributed by atoms with E-state index in [1.807, 2.05) is 24.4 Å². The molecular weight excluding hydrogens is 304 g/mol. The molecule has 6 nitrogen and oxygen atoms in total. The third kappa shape index (κ3) is 3.03. The Bertz CT molecular complexity index is 870. The summed E-state index contributed by atoms with van der Waals surface area (Å²) in [6.07, 6.45) is 3.65.